The molecule has 0 radical (unpaired) electrons. The molecular weight excluding hydrogens is 236 g/mol. The highest BCUT2D eigenvalue weighted by molar-refractivity contribution is 5.94. The van der Waals surface area contributed by atoms with Crippen molar-refractivity contribution >= 4 is 5.91 Å². The van der Waals surface area contributed by atoms with E-state index >= 15 is 0 Å². The Morgan fingerprint density at radius 1 is 1.16 bits per heavy atom. The normalized spacial score (nSPS) is 10.8. The molecule has 1 rings (SSSR count). The molecule has 0 spiro atoms. The van der Waals surface area contributed by atoms with Gasteiger partial charge in [-0.05, 0) is 42.0 Å². The van der Waals surface area contributed by atoms with Crippen LogP contribution in [0.5, 0.6) is 0 Å². The summed E-state index contributed by atoms with van der Waals surface area (Å²) in [5, 5.41) is 11.7. The van der Waals surface area contributed by atoms with Crippen LogP contribution in [0, 0.1) is 29.1 Å². The van der Waals surface area contributed by atoms with Gasteiger partial charge in [0.15, 0.2) is 0 Å². The van der Waals surface area contributed by atoms with Crippen LogP contribution in [0.2, 0.25) is 0 Å². The van der Waals surface area contributed by atoms with Crippen LogP contribution in [0.1, 0.15) is 43.6 Å². The number of hydrogen-bond donors (Lipinski definition) is 1. The third kappa shape index (κ3) is 4.40. The first-order valence-electron chi connectivity index (χ1n) is 6.74. The highest BCUT2D eigenvalue weighted by atomic mass is 16.1. The molecule has 0 atom stereocenters. The van der Waals surface area contributed by atoms with Gasteiger partial charge in [-0.15, -0.1) is 0 Å². The van der Waals surface area contributed by atoms with E-state index in [1.807, 2.05) is 6.07 Å². The maximum atomic E-state index is 12.0. The molecule has 3 nitrogen and oxygen atoms in total. The second kappa shape index (κ2) is 6.94. The van der Waals surface area contributed by atoms with Gasteiger partial charge in [-0.3, -0.25) is 4.79 Å². The van der Waals surface area contributed by atoms with Crippen LogP contribution in [-0.4, -0.2) is 12.5 Å². The van der Waals surface area contributed by atoms with Crippen molar-refractivity contribution in [3.05, 3.63) is 35.4 Å². The molecule has 3 heteroatoms. The summed E-state index contributed by atoms with van der Waals surface area (Å²) in [5.74, 6) is 1.49. The molecule has 0 saturated heterocycles. The molecule has 1 aromatic carbocycles. The molecular formula is C16H22N2O. The van der Waals surface area contributed by atoms with Crippen molar-refractivity contribution in [2.45, 2.75) is 27.7 Å². The van der Waals surface area contributed by atoms with E-state index in [9.17, 15) is 4.79 Å². The van der Waals surface area contributed by atoms with E-state index < -0.39 is 0 Å². The first kappa shape index (κ1) is 15.2. The molecule has 1 aromatic rings. The minimum Gasteiger partial charge on any atom is -0.352 e. The first-order valence-corrected chi connectivity index (χ1v) is 6.74. The highest BCUT2D eigenvalue weighted by Crippen LogP contribution is 2.19. The van der Waals surface area contributed by atoms with Gasteiger partial charge in [0, 0.05) is 12.1 Å². The molecule has 0 unspecified atom stereocenters. The maximum Gasteiger partial charge on any atom is 0.251 e. The number of nitriles is 1. The molecule has 1 amide bonds. The van der Waals surface area contributed by atoms with Gasteiger partial charge >= 0.3 is 0 Å². The van der Waals surface area contributed by atoms with E-state index in [2.05, 4.69) is 33.0 Å². The lowest BCUT2D eigenvalue weighted by molar-refractivity contribution is 0.0937. The summed E-state index contributed by atoms with van der Waals surface area (Å²) in [7, 11) is 0. The van der Waals surface area contributed by atoms with Gasteiger partial charge in [-0.2, -0.15) is 5.26 Å². The fourth-order valence-electron chi connectivity index (χ4n) is 2.25. The Morgan fingerprint density at radius 2 is 1.68 bits per heavy atom. The predicted octanol–water partition coefficient (Wildman–Crippen LogP) is 3.22. The molecule has 0 aliphatic rings. The van der Waals surface area contributed by atoms with E-state index in [4.69, 9.17) is 5.26 Å². The molecule has 0 aliphatic carbocycles. The van der Waals surface area contributed by atoms with Gasteiger partial charge in [-0.1, -0.05) is 27.7 Å². The molecule has 0 heterocycles. The summed E-state index contributed by atoms with van der Waals surface area (Å²) in [4.78, 5) is 12.0. The third-order valence-corrected chi connectivity index (χ3v) is 3.49. The topological polar surface area (TPSA) is 52.9 Å². The zero-order valence-corrected chi connectivity index (χ0v) is 12.1. The van der Waals surface area contributed by atoms with Crippen molar-refractivity contribution in [3.63, 3.8) is 0 Å². The molecule has 0 aromatic heterocycles. The number of benzene rings is 1. The minimum absolute atomic E-state index is 0.0733. The van der Waals surface area contributed by atoms with Crippen molar-refractivity contribution in [3.8, 4) is 6.07 Å². The Hall–Kier alpha value is -1.82. The van der Waals surface area contributed by atoms with Crippen molar-refractivity contribution in [2.75, 3.05) is 6.54 Å². The Balaban J connectivity index is 2.62. The average Bonchev–Trinajstić information content (AvgIpc) is 2.38. The van der Waals surface area contributed by atoms with Crippen LogP contribution in [0.15, 0.2) is 24.3 Å². The van der Waals surface area contributed by atoms with Crippen molar-refractivity contribution < 1.29 is 4.79 Å². The molecule has 19 heavy (non-hydrogen) atoms. The zero-order chi connectivity index (χ0) is 14.4. The number of rotatable bonds is 5. The number of nitrogens with zero attached hydrogens (tertiary/aromatic N) is 1. The van der Waals surface area contributed by atoms with E-state index in [-0.39, 0.29) is 5.91 Å². The number of nitrogens with one attached hydrogen (secondary N) is 1. The fourth-order valence-corrected chi connectivity index (χ4v) is 2.25. The van der Waals surface area contributed by atoms with Gasteiger partial charge in [0.2, 0.25) is 0 Å². The average molecular weight is 258 g/mol. The largest absolute Gasteiger partial charge is 0.352 e. The third-order valence-electron chi connectivity index (χ3n) is 3.49. The molecule has 0 saturated carbocycles. The number of carbonyl (C=O) groups excluding carboxylic acids is 1. The van der Waals surface area contributed by atoms with E-state index in [1.165, 1.54) is 0 Å². The smallest absolute Gasteiger partial charge is 0.251 e. The highest BCUT2D eigenvalue weighted by Gasteiger charge is 2.18. The lowest BCUT2D eigenvalue weighted by atomic mass is 9.85. The van der Waals surface area contributed by atoms with Gasteiger partial charge in [0.05, 0.1) is 11.6 Å². The van der Waals surface area contributed by atoms with Crippen LogP contribution in [-0.2, 0) is 0 Å². The second-order valence-corrected chi connectivity index (χ2v) is 5.55. The quantitative estimate of drug-likeness (QED) is 0.881. The Kier molecular flexibility index (Phi) is 5.57. The van der Waals surface area contributed by atoms with Crippen molar-refractivity contribution in [2.24, 2.45) is 17.8 Å². The minimum atomic E-state index is -0.0733. The van der Waals surface area contributed by atoms with Crippen LogP contribution >= 0.6 is 0 Å². The Labute approximate surface area is 115 Å². The molecule has 0 bridgehead atoms. The van der Waals surface area contributed by atoms with Gasteiger partial charge in [-0.25, -0.2) is 0 Å². The fraction of sp³-hybridized carbons (Fsp3) is 0.500. The van der Waals surface area contributed by atoms with Crippen LogP contribution in [0.25, 0.3) is 0 Å². The predicted molar refractivity (Wildman–Crippen MR) is 76.7 cm³/mol. The first-order chi connectivity index (χ1) is 8.95. The van der Waals surface area contributed by atoms with Gasteiger partial charge in [0.1, 0.15) is 0 Å². The monoisotopic (exact) mass is 258 g/mol. The van der Waals surface area contributed by atoms with Crippen LogP contribution in [0.4, 0.5) is 0 Å². The Bertz CT molecular complexity index is 447. The molecule has 0 aliphatic heterocycles. The van der Waals surface area contributed by atoms with Gasteiger partial charge in [0.25, 0.3) is 5.91 Å². The summed E-state index contributed by atoms with van der Waals surface area (Å²) in [5.41, 5.74) is 1.17. The Morgan fingerprint density at radius 3 is 2.11 bits per heavy atom. The summed E-state index contributed by atoms with van der Waals surface area (Å²) >= 11 is 0. The lowest BCUT2D eigenvalue weighted by Crippen LogP contribution is -2.33. The lowest BCUT2D eigenvalue weighted by Gasteiger charge is -2.25. The molecule has 0 fully saturated rings. The summed E-state index contributed by atoms with van der Waals surface area (Å²) in [6.07, 6.45) is 0. The maximum absolute atomic E-state index is 12.0. The van der Waals surface area contributed by atoms with Crippen molar-refractivity contribution in [1.82, 2.24) is 5.32 Å². The zero-order valence-electron chi connectivity index (χ0n) is 12.1. The van der Waals surface area contributed by atoms with E-state index in [0.29, 0.717) is 35.4 Å². The summed E-state index contributed by atoms with van der Waals surface area (Å²) in [6.45, 7) is 9.41. The number of carbonyl (C=O) groups is 1. The number of amides is 1. The van der Waals surface area contributed by atoms with E-state index in [1.54, 1.807) is 24.3 Å². The number of hydrogen-bond acceptors (Lipinski definition) is 2. The standard InChI is InChI=1S/C16H22N2O/c1-11(2)15(12(3)4)10-18-16(19)14-7-5-13(9-17)6-8-14/h5-8,11-12,15H,10H2,1-4H3,(H,18,19). The van der Waals surface area contributed by atoms with Crippen LogP contribution < -0.4 is 5.32 Å². The summed E-state index contributed by atoms with van der Waals surface area (Å²) in [6, 6.07) is 8.75. The molecule has 1 N–H and O–H groups in total. The second-order valence-electron chi connectivity index (χ2n) is 5.55. The van der Waals surface area contributed by atoms with Crippen molar-refractivity contribution in [1.29, 1.82) is 5.26 Å². The SMILES string of the molecule is CC(C)C(CNC(=O)c1ccc(C#N)cc1)C(C)C. The van der Waals surface area contributed by atoms with Gasteiger partial charge < -0.3 is 5.32 Å². The summed E-state index contributed by atoms with van der Waals surface area (Å²) < 4.78 is 0. The van der Waals surface area contributed by atoms with E-state index in [0.717, 1.165) is 0 Å². The van der Waals surface area contributed by atoms with Crippen LogP contribution in [0.3, 0.4) is 0 Å². The molecule has 102 valence electrons.